The van der Waals surface area contributed by atoms with E-state index in [9.17, 15) is 9.90 Å². The fourth-order valence-electron chi connectivity index (χ4n) is 5.09. The van der Waals surface area contributed by atoms with E-state index >= 15 is 0 Å². The third kappa shape index (κ3) is 5.16. The van der Waals surface area contributed by atoms with E-state index in [4.69, 9.17) is 9.47 Å². The lowest BCUT2D eigenvalue weighted by atomic mass is 10.00. The molecule has 1 unspecified atom stereocenters. The fraction of sp³-hybridized carbons (Fsp3) is 0.500. The van der Waals surface area contributed by atoms with Gasteiger partial charge in [0.05, 0.1) is 18.2 Å². The number of benzene rings is 2. The summed E-state index contributed by atoms with van der Waals surface area (Å²) in [6.45, 7) is 5.41. The van der Waals surface area contributed by atoms with Crippen LogP contribution in [0, 0.1) is 0 Å². The van der Waals surface area contributed by atoms with Crippen molar-refractivity contribution < 1.29 is 19.4 Å². The molecule has 0 aromatic heterocycles. The first-order chi connectivity index (χ1) is 16.0. The van der Waals surface area contributed by atoms with Crippen molar-refractivity contribution >= 4 is 5.91 Å². The molecule has 1 N–H and O–H groups in total. The zero-order chi connectivity index (χ0) is 22.8. The van der Waals surface area contributed by atoms with Crippen LogP contribution in [0.1, 0.15) is 27.9 Å². The van der Waals surface area contributed by atoms with Crippen LogP contribution in [-0.2, 0) is 13.0 Å². The average molecular weight is 452 g/mol. The highest BCUT2D eigenvalue weighted by molar-refractivity contribution is 5.97. The van der Waals surface area contributed by atoms with Gasteiger partial charge in [-0.25, -0.2) is 0 Å². The molecule has 33 heavy (non-hydrogen) atoms. The first kappa shape index (κ1) is 22.2. The van der Waals surface area contributed by atoms with Crippen molar-refractivity contribution in [2.75, 3.05) is 52.9 Å². The van der Waals surface area contributed by atoms with Gasteiger partial charge in [0.1, 0.15) is 24.2 Å². The van der Waals surface area contributed by atoms with E-state index in [-0.39, 0.29) is 12.0 Å². The Labute approximate surface area is 195 Å². The number of fused-ring (bicyclic) bond motifs is 2. The number of ether oxygens (including phenoxy) is 2. The first-order valence-corrected chi connectivity index (χ1v) is 11.9. The van der Waals surface area contributed by atoms with Crippen molar-refractivity contribution in [3.8, 4) is 11.5 Å². The molecule has 7 heteroatoms. The van der Waals surface area contributed by atoms with Crippen LogP contribution < -0.4 is 9.47 Å². The van der Waals surface area contributed by atoms with E-state index in [0.29, 0.717) is 37.6 Å². The van der Waals surface area contributed by atoms with E-state index < -0.39 is 6.10 Å². The van der Waals surface area contributed by atoms with Gasteiger partial charge >= 0.3 is 0 Å². The third-order valence-corrected chi connectivity index (χ3v) is 6.85. The lowest BCUT2D eigenvalue weighted by Gasteiger charge is -2.32. The second-order valence-electron chi connectivity index (χ2n) is 9.46. The van der Waals surface area contributed by atoms with Crippen LogP contribution in [0.15, 0.2) is 42.5 Å². The zero-order valence-corrected chi connectivity index (χ0v) is 19.3. The van der Waals surface area contributed by atoms with Gasteiger partial charge in [0.25, 0.3) is 5.91 Å². The van der Waals surface area contributed by atoms with E-state index in [1.807, 2.05) is 12.1 Å². The molecule has 0 bridgehead atoms. The normalized spacial score (nSPS) is 22.3. The van der Waals surface area contributed by atoms with Crippen molar-refractivity contribution in [3.63, 3.8) is 0 Å². The Hall–Kier alpha value is -2.61. The number of aliphatic hydroxyl groups is 1. The maximum atomic E-state index is 13.2. The molecule has 3 heterocycles. The minimum atomic E-state index is -0.609. The second kappa shape index (κ2) is 9.71. The number of hydrogen-bond donors (Lipinski definition) is 1. The van der Waals surface area contributed by atoms with E-state index in [1.54, 1.807) is 11.0 Å². The van der Waals surface area contributed by atoms with Gasteiger partial charge < -0.3 is 24.4 Å². The SMILES string of the molecule is CN1CCC(Oc2ccc3c(c2)OCCN(C[C@H](O)CN2CCc4ccccc4C2)C3=O)C1. The summed E-state index contributed by atoms with van der Waals surface area (Å²) >= 11 is 0. The Bertz CT molecular complexity index is 997. The number of likely N-dealkylation sites (N-methyl/N-ethyl adjacent to an activating group) is 1. The molecule has 5 rings (SSSR count). The van der Waals surface area contributed by atoms with Gasteiger partial charge in [-0.05, 0) is 43.1 Å². The molecular weight excluding hydrogens is 418 g/mol. The van der Waals surface area contributed by atoms with E-state index in [2.05, 4.69) is 41.1 Å². The van der Waals surface area contributed by atoms with Crippen LogP contribution >= 0.6 is 0 Å². The van der Waals surface area contributed by atoms with Gasteiger partial charge in [0.2, 0.25) is 0 Å². The first-order valence-electron chi connectivity index (χ1n) is 11.9. The molecule has 7 nitrogen and oxygen atoms in total. The van der Waals surface area contributed by atoms with Crippen LogP contribution in [-0.4, -0.2) is 90.8 Å². The molecule has 3 aliphatic heterocycles. The zero-order valence-electron chi connectivity index (χ0n) is 19.3. The summed E-state index contributed by atoms with van der Waals surface area (Å²) < 4.78 is 12.0. The van der Waals surface area contributed by atoms with Gasteiger partial charge in [-0.3, -0.25) is 9.69 Å². The van der Waals surface area contributed by atoms with Crippen molar-refractivity contribution in [2.45, 2.75) is 31.6 Å². The van der Waals surface area contributed by atoms with Gasteiger partial charge in [-0.15, -0.1) is 0 Å². The van der Waals surface area contributed by atoms with Gasteiger partial charge in [-0.2, -0.15) is 0 Å². The van der Waals surface area contributed by atoms with Crippen LogP contribution in [0.5, 0.6) is 11.5 Å². The quantitative estimate of drug-likeness (QED) is 0.725. The molecule has 0 saturated carbocycles. The molecule has 0 spiro atoms. The van der Waals surface area contributed by atoms with Gasteiger partial charge in [0, 0.05) is 45.3 Å². The Morgan fingerprint density at radius 1 is 1.12 bits per heavy atom. The highest BCUT2D eigenvalue weighted by Gasteiger charge is 2.28. The number of β-amino-alcohol motifs (C(OH)–C–C–N with tert-alkyl or cyclic N) is 1. The van der Waals surface area contributed by atoms with Crippen LogP contribution in [0.2, 0.25) is 0 Å². The molecule has 1 fully saturated rings. The smallest absolute Gasteiger partial charge is 0.257 e. The summed E-state index contributed by atoms with van der Waals surface area (Å²) in [6, 6.07) is 14.0. The highest BCUT2D eigenvalue weighted by Crippen LogP contribution is 2.29. The molecule has 0 radical (unpaired) electrons. The molecular formula is C26H33N3O4. The number of carbonyl (C=O) groups is 1. The van der Waals surface area contributed by atoms with Crippen LogP contribution in [0.25, 0.3) is 0 Å². The molecule has 0 aliphatic carbocycles. The van der Waals surface area contributed by atoms with E-state index in [1.165, 1.54) is 11.1 Å². The number of nitrogens with zero attached hydrogens (tertiary/aromatic N) is 3. The summed E-state index contributed by atoms with van der Waals surface area (Å²) in [4.78, 5) is 19.4. The lowest BCUT2D eigenvalue weighted by Crippen LogP contribution is -2.44. The van der Waals surface area contributed by atoms with Crippen LogP contribution in [0.3, 0.4) is 0 Å². The molecule has 2 aromatic rings. The number of carbonyl (C=O) groups excluding carboxylic acids is 1. The third-order valence-electron chi connectivity index (χ3n) is 6.85. The predicted molar refractivity (Wildman–Crippen MR) is 126 cm³/mol. The molecule has 1 amide bonds. The Morgan fingerprint density at radius 3 is 2.79 bits per heavy atom. The Morgan fingerprint density at radius 2 is 1.97 bits per heavy atom. The summed E-state index contributed by atoms with van der Waals surface area (Å²) in [5.74, 6) is 1.20. The number of likely N-dealkylation sites (tertiary alicyclic amines) is 1. The minimum Gasteiger partial charge on any atom is -0.491 e. The number of aliphatic hydroxyl groups excluding tert-OH is 1. The average Bonchev–Trinajstić information content (AvgIpc) is 3.15. The number of hydrogen-bond acceptors (Lipinski definition) is 6. The lowest BCUT2D eigenvalue weighted by molar-refractivity contribution is 0.0501. The maximum Gasteiger partial charge on any atom is 0.257 e. The number of amides is 1. The summed E-state index contributed by atoms with van der Waals surface area (Å²) in [6.07, 6.45) is 1.56. The largest absolute Gasteiger partial charge is 0.491 e. The summed E-state index contributed by atoms with van der Waals surface area (Å²) in [7, 11) is 2.09. The minimum absolute atomic E-state index is 0.0994. The predicted octanol–water partition coefficient (Wildman–Crippen LogP) is 2.02. The van der Waals surface area contributed by atoms with E-state index in [0.717, 1.165) is 44.8 Å². The molecule has 2 aromatic carbocycles. The van der Waals surface area contributed by atoms with Crippen molar-refractivity contribution in [1.29, 1.82) is 0 Å². The van der Waals surface area contributed by atoms with Crippen molar-refractivity contribution in [3.05, 3.63) is 59.2 Å². The maximum absolute atomic E-state index is 13.2. The monoisotopic (exact) mass is 451 g/mol. The number of rotatable bonds is 6. The summed E-state index contributed by atoms with van der Waals surface area (Å²) in [5.41, 5.74) is 3.25. The van der Waals surface area contributed by atoms with Gasteiger partial charge in [-0.1, -0.05) is 24.3 Å². The van der Waals surface area contributed by atoms with Crippen molar-refractivity contribution in [1.82, 2.24) is 14.7 Å². The second-order valence-corrected chi connectivity index (χ2v) is 9.46. The standard InChI is InChI=1S/C26H33N3O4/c1-27-10-9-23(18-27)33-22-6-7-24-25(14-22)32-13-12-29(26(24)31)17-21(30)16-28-11-8-19-4-2-3-5-20(19)15-28/h2-7,14,21,23,30H,8-13,15-18H2,1H3/t21-,23?/m1/s1. The fourth-order valence-corrected chi connectivity index (χ4v) is 5.09. The Balaban J connectivity index is 1.19. The molecule has 176 valence electrons. The Kier molecular flexibility index (Phi) is 6.53. The molecule has 2 atom stereocenters. The molecule has 3 aliphatic rings. The van der Waals surface area contributed by atoms with Gasteiger partial charge in [0.15, 0.2) is 0 Å². The van der Waals surface area contributed by atoms with Crippen molar-refractivity contribution in [2.24, 2.45) is 0 Å². The topological polar surface area (TPSA) is 65.5 Å². The van der Waals surface area contributed by atoms with Crippen LogP contribution in [0.4, 0.5) is 0 Å². The molecule has 1 saturated heterocycles. The highest BCUT2D eigenvalue weighted by atomic mass is 16.5. The summed E-state index contributed by atoms with van der Waals surface area (Å²) in [5, 5.41) is 10.8.